The van der Waals surface area contributed by atoms with E-state index in [0.29, 0.717) is 13.0 Å². The molecule has 0 bridgehead atoms. The first-order valence-corrected chi connectivity index (χ1v) is 9.15. The van der Waals surface area contributed by atoms with Gasteiger partial charge in [-0.1, -0.05) is 24.3 Å². The minimum Gasteiger partial charge on any atom is -0.357 e. The second-order valence-electron chi connectivity index (χ2n) is 6.60. The molecule has 2 saturated heterocycles. The summed E-state index contributed by atoms with van der Waals surface area (Å²) in [5.74, 6) is 1.31. The molecule has 0 saturated carbocycles. The number of hydrogen-bond donors (Lipinski definition) is 1. The van der Waals surface area contributed by atoms with E-state index < -0.39 is 0 Å². The maximum Gasteiger partial charge on any atom is 0.222 e. The number of amides is 1. The van der Waals surface area contributed by atoms with Crippen molar-refractivity contribution < 1.29 is 4.79 Å². The Morgan fingerprint density at radius 2 is 1.79 bits per heavy atom. The summed E-state index contributed by atoms with van der Waals surface area (Å²) in [5, 5.41) is 3.39. The molecule has 5 nitrogen and oxygen atoms in total. The molecule has 2 fully saturated rings. The van der Waals surface area contributed by atoms with Gasteiger partial charge in [-0.05, 0) is 37.3 Å². The average Bonchev–Trinajstić information content (AvgIpc) is 3.25. The molecule has 3 rings (SSSR count). The summed E-state index contributed by atoms with van der Waals surface area (Å²) < 4.78 is 0. The number of carbonyl (C=O) groups is 1. The van der Waals surface area contributed by atoms with Crippen LogP contribution in [0.1, 0.15) is 43.7 Å². The Morgan fingerprint density at radius 1 is 1.08 bits per heavy atom. The molecular weight excluding hydrogens is 300 g/mol. The molecule has 0 radical (unpaired) electrons. The van der Waals surface area contributed by atoms with Gasteiger partial charge in [0.1, 0.15) is 0 Å². The van der Waals surface area contributed by atoms with Crippen molar-refractivity contribution in [1.29, 1.82) is 0 Å². The number of aliphatic imine (C=N–C) groups is 1. The van der Waals surface area contributed by atoms with Gasteiger partial charge in [-0.25, -0.2) is 4.99 Å². The van der Waals surface area contributed by atoms with E-state index in [-0.39, 0.29) is 5.91 Å². The van der Waals surface area contributed by atoms with Crippen LogP contribution in [0, 0.1) is 0 Å². The minimum atomic E-state index is 0.282. The molecule has 130 valence electrons. The van der Waals surface area contributed by atoms with Crippen LogP contribution >= 0.6 is 0 Å². The van der Waals surface area contributed by atoms with E-state index in [0.717, 1.165) is 45.1 Å². The highest BCUT2D eigenvalue weighted by Gasteiger charge is 2.19. The highest BCUT2D eigenvalue weighted by atomic mass is 16.2. The van der Waals surface area contributed by atoms with Crippen LogP contribution in [0.15, 0.2) is 29.3 Å². The first-order chi connectivity index (χ1) is 11.8. The van der Waals surface area contributed by atoms with Crippen molar-refractivity contribution in [2.24, 2.45) is 4.99 Å². The third-order valence-electron chi connectivity index (χ3n) is 4.72. The fourth-order valence-electron chi connectivity index (χ4n) is 3.36. The second-order valence-corrected chi connectivity index (χ2v) is 6.60. The van der Waals surface area contributed by atoms with Gasteiger partial charge in [-0.15, -0.1) is 0 Å². The number of nitrogens with zero attached hydrogens (tertiary/aromatic N) is 3. The topological polar surface area (TPSA) is 47.9 Å². The zero-order valence-electron chi connectivity index (χ0n) is 14.6. The molecule has 24 heavy (non-hydrogen) atoms. The Bertz CT molecular complexity index is 576. The van der Waals surface area contributed by atoms with Gasteiger partial charge in [0.2, 0.25) is 5.91 Å². The van der Waals surface area contributed by atoms with Gasteiger partial charge in [0.25, 0.3) is 0 Å². The number of carbonyl (C=O) groups excluding carboxylic acids is 1. The Labute approximate surface area is 144 Å². The van der Waals surface area contributed by atoms with Crippen molar-refractivity contribution in [2.45, 2.75) is 45.7 Å². The summed E-state index contributed by atoms with van der Waals surface area (Å²) in [7, 11) is 0. The monoisotopic (exact) mass is 328 g/mol. The van der Waals surface area contributed by atoms with E-state index >= 15 is 0 Å². The van der Waals surface area contributed by atoms with Gasteiger partial charge < -0.3 is 15.1 Å². The van der Waals surface area contributed by atoms with Gasteiger partial charge in [0.05, 0.1) is 6.54 Å². The van der Waals surface area contributed by atoms with Gasteiger partial charge >= 0.3 is 0 Å². The van der Waals surface area contributed by atoms with Crippen molar-refractivity contribution >= 4 is 11.9 Å². The highest BCUT2D eigenvalue weighted by molar-refractivity contribution is 5.80. The van der Waals surface area contributed by atoms with Crippen molar-refractivity contribution in [3.63, 3.8) is 0 Å². The number of hydrogen-bond acceptors (Lipinski definition) is 2. The second kappa shape index (κ2) is 8.18. The Morgan fingerprint density at radius 3 is 2.42 bits per heavy atom. The van der Waals surface area contributed by atoms with Crippen LogP contribution in [-0.2, 0) is 17.9 Å². The molecule has 2 heterocycles. The minimum absolute atomic E-state index is 0.282. The van der Waals surface area contributed by atoms with Crippen molar-refractivity contribution in [2.75, 3.05) is 26.2 Å². The van der Waals surface area contributed by atoms with Crippen LogP contribution in [0.2, 0.25) is 0 Å². The van der Waals surface area contributed by atoms with Crippen LogP contribution in [-0.4, -0.2) is 47.8 Å². The maximum atomic E-state index is 11.7. The maximum absolute atomic E-state index is 11.7. The summed E-state index contributed by atoms with van der Waals surface area (Å²) in [6.07, 6.45) is 4.22. The fraction of sp³-hybridized carbons (Fsp3) is 0.579. The molecule has 5 heteroatoms. The summed E-state index contributed by atoms with van der Waals surface area (Å²) in [4.78, 5) is 20.8. The Kier molecular flexibility index (Phi) is 5.72. The summed E-state index contributed by atoms with van der Waals surface area (Å²) >= 11 is 0. The zero-order valence-corrected chi connectivity index (χ0v) is 14.6. The summed E-state index contributed by atoms with van der Waals surface area (Å²) in [6, 6.07) is 8.51. The molecular formula is C19H28N4O. The van der Waals surface area contributed by atoms with Crippen LogP contribution in [0.5, 0.6) is 0 Å². The standard InChI is InChI=1S/C19H28N4O/c1-2-20-19(22-11-3-4-12-22)21-14-16-7-9-17(10-8-16)15-23-13-5-6-18(23)24/h7-10H,2-6,11-15H2,1H3,(H,20,21). The lowest BCUT2D eigenvalue weighted by molar-refractivity contribution is -0.128. The summed E-state index contributed by atoms with van der Waals surface area (Å²) in [6.45, 7) is 7.55. The molecule has 1 N–H and O–H groups in total. The smallest absolute Gasteiger partial charge is 0.222 e. The van der Waals surface area contributed by atoms with Gasteiger partial charge in [0, 0.05) is 39.1 Å². The van der Waals surface area contributed by atoms with Gasteiger partial charge in [-0.3, -0.25) is 4.79 Å². The predicted octanol–water partition coefficient (Wildman–Crippen LogP) is 2.37. The van der Waals surface area contributed by atoms with Crippen LogP contribution < -0.4 is 5.32 Å². The third kappa shape index (κ3) is 4.28. The number of guanidine groups is 1. The molecule has 0 unspecified atom stereocenters. The van der Waals surface area contributed by atoms with E-state index in [1.54, 1.807) is 0 Å². The Balaban J connectivity index is 1.58. The molecule has 2 aliphatic heterocycles. The Hall–Kier alpha value is -2.04. The molecule has 0 atom stereocenters. The molecule has 2 aliphatic rings. The molecule has 0 spiro atoms. The lowest BCUT2D eigenvalue weighted by Gasteiger charge is -2.20. The van der Waals surface area contributed by atoms with Crippen LogP contribution in [0.4, 0.5) is 0 Å². The van der Waals surface area contributed by atoms with Crippen molar-refractivity contribution in [3.8, 4) is 0 Å². The summed E-state index contributed by atoms with van der Waals surface area (Å²) in [5.41, 5.74) is 2.41. The highest BCUT2D eigenvalue weighted by Crippen LogP contribution is 2.15. The zero-order chi connectivity index (χ0) is 16.8. The third-order valence-corrected chi connectivity index (χ3v) is 4.72. The first-order valence-electron chi connectivity index (χ1n) is 9.15. The number of likely N-dealkylation sites (tertiary alicyclic amines) is 2. The molecule has 1 amide bonds. The van der Waals surface area contributed by atoms with Crippen LogP contribution in [0.25, 0.3) is 0 Å². The van der Waals surface area contributed by atoms with E-state index in [4.69, 9.17) is 4.99 Å². The van der Waals surface area contributed by atoms with Crippen molar-refractivity contribution in [3.05, 3.63) is 35.4 Å². The molecule has 1 aromatic rings. The normalized spacial score (nSPS) is 18.5. The van der Waals surface area contributed by atoms with Gasteiger partial charge in [0.15, 0.2) is 5.96 Å². The number of benzene rings is 1. The van der Waals surface area contributed by atoms with Crippen molar-refractivity contribution in [1.82, 2.24) is 15.1 Å². The fourth-order valence-corrected chi connectivity index (χ4v) is 3.36. The van der Waals surface area contributed by atoms with E-state index in [2.05, 4.69) is 41.4 Å². The van der Waals surface area contributed by atoms with E-state index in [9.17, 15) is 4.79 Å². The first kappa shape index (κ1) is 16.8. The largest absolute Gasteiger partial charge is 0.357 e. The molecule has 0 aromatic heterocycles. The van der Waals surface area contributed by atoms with Gasteiger partial charge in [-0.2, -0.15) is 0 Å². The SMILES string of the molecule is CCNC(=NCc1ccc(CN2CCCC2=O)cc1)N1CCCC1. The quantitative estimate of drug-likeness (QED) is 0.667. The lowest BCUT2D eigenvalue weighted by Crippen LogP contribution is -2.39. The molecule has 0 aliphatic carbocycles. The van der Waals surface area contributed by atoms with Crippen LogP contribution in [0.3, 0.4) is 0 Å². The van der Waals surface area contributed by atoms with E-state index in [1.165, 1.54) is 24.0 Å². The number of nitrogens with one attached hydrogen (secondary N) is 1. The predicted molar refractivity (Wildman–Crippen MR) is 96.7 cm³/mol. The average molecular weight is 328 g/mol. The number of rotatable bonds is 5. The van der Waals surface area contributed by atoms with E-state index in [1.807, 2.05) is 4.90 Å². The molecule has 1 aromatic carbocycles. The lowest BCUT2D eigenvalue weighted by atomic mass is 10.1.